The summed E-state index contributed by atoms with van der Waals surface area (Å²) in [5.74, 6) is 1.96. The second kappa shape index (κ2) is 4.23. The molecule has 0 radical (unpaired) electrons. The molecule has 18 heavy (non-hydrogen) atoms. The van der Waals surface area contributed by atoms with Crippen molar-refractivity contribution in [3.63, 3.8) is 0 Å². The molecule has 0 spiro atoms. The molecule has 2 heterocycles. The van der Waals surface area contributed by atoms with E-state index in [1.165, 1.54) is 18.4 Å². The van der Waals surface area contributed by atoms with Gasteiger partial charge in [-0.2, -0.15) is 0 Å². The molecule has 0 atom stereocenters. The second-order valence-corrected chi connectivity index (χ2v) is 5.46. The van der Waals surface area contributed by atoms with Crippen LogP contribution in [0.25, 0.3) is 11.3 Å². The molecule has 3 rings (SSSR count). The lowest BCUT2D eigenvalue weighted by molar-refractivity contribution is 0.376. The molecule has 0 amide bonds. The van der Waals surface area contributed by atoms with Gasteiger partial charge >= 0.3 is 0 Å². The smallest absolute Gasteiger partial charge is 0.149 e. The minimum absolute atomic E-state index is 0.361. The van der Waals surface area contributed by atoms with Crippen LogP contribution in [0.5, 0.6) is 0 Å². The molecule has 0 aromatic carbocycles. The fourth-order valence-corrected chi connectivity index (χ4v) is 2.21. The predicted octanol–water partition coefficient (Wildman–Crippen LogP) is 4.05. The third kappa shape index (κ3) is 1.94. The van der Waals surface area contributed by atoms with Crippen molar-refractivity contribution in [1.29, 1.82) is 0 Å². The SMILES string of the molecule is Cc1ccc(-c2c(C(C)C)noc2C2CC2)nc1. The fraction of sp³-hybridized carbons (Fsp3) is 0.467. The summed E-state index contributed by atoms with van der Waals surface area (Å²) < 4.78 is 5.58. The minimum atomic E-state index is 0.361. The number of hydrogen-bond donors (Lipinski definition) is 0. The van der Waals surface area contributed by atoms with E-state index in [4.69, 9.17) is 4.52 Å². The minimum Gasteiger partial charge on any atom is -0.360 e. The number of rotatable bonds is 3. The van der Waals surface area contributed by atoms with Crippen molar-refractivity contribution in [2.45, 2.75) is 45.4 Å². The lowest BCUT2D eigenvalue weighted by Gasteiger charge is -2.05. The highest BCUT2D eigenvalue weighted by Gasteiger charge is 2.33. The summed E-state index contributed by atoms with van der Waals surface area (Å²) in [5, 5.41) is 4.26. The molecule has 3 heteroatoms. The molecule has 0 saturated heterocycles. The van der Waals surface area contributed by atoms with Crippen LogP contribution in [0.4, 0.5) is 0 Å². The molecule has 2 aromatic rings. The van der Waals surface area contributed by atoms with Crippen LogP contribution in [0.2, 0.25) is 0 Å². The molecule has 2 aromatic heterocycles. The van der Waals surface area contributed by atoms with E-state index in [9.17, 15) is 0 Å². The van der Waals surface area contributed by atoms with Crippen molar-refractivity contribution in [1.82, 2.24) is 10.1 Å². The number of nitrogens with zero attached hydrogens (tertiary/aromatic N) is 2. The van der Waals surface area contributed by atoms with E-state index in [0.717, 1.165) is 22.7 Å². The molecule has 0 N–H and O–H groups in total. The quantitative estimate of drug-likeness (QED) is 0.815. The van der Waals surface area contributed by atoms with Crippen LogP contribution in [0.1, 0.15) is 55.5 Å². The summed E-state index contributed by atoms with van der Waals surface area (Å²) >= 11 is 0. The van der Waals surface area contributed by atoms with Crippen LogP contribution in [0.3, 0.4) is 0 Å². The van der Waals surface area contributed by atoms with E-state index in [-0.39, 0.29) is 0 Å². The molecule has 94 valence electrons. The van der Waals surface area contributed by atoms with E-state index in [0.29, 0.717) is 11.8 Å². The summed E-state index contributed by atoms with van der Waals surface area (Å²) in [7, 11) is 0. The molecule has 0 aliphatic heterocycles. The Hall–Kier alpha value is -1.64. The van der Waals surface area contributed by atoms with Gasteiger partial charge in [-0.1, -0.05) is 25.1 Å². The molecule has 1 aliphatic carbocycles. The third-order valence-electron chi connectivity index (χ3n) is 3.41. The molecule has 0 unspecified atom stereocenters. The Morgan fingerprint density at radius 3 is 2.61 bits per heavy atom. The van der Waals surface area contributed by atoms with Gasteiger partial charge in [-0.25, -0.2) is 0 Å². The van der Waals surface area contributed by atoms with Crippen LogP contribution in [0.15, 0.2) is 22.9 Å². The average molecular weight is 242 g/mol. The summed E-state index contributed by atoms with van der Waals surface area (Å²) in [5.41, 5.74) is 4.34. The van der Waals surface area contributed by atoms with E-state index in [1.54, 1.807) is 0 Å². The van der Waals surface area contributed by atoms with Crippen molar-refractivity contribution >= 4 is 0 Å². The van der Waals surface area contributed by atoms with Gasteiger partial charge in [0.05, 0.1) is 17.0 Å². The normalized spacial score (nSPS) is 15.3. The summed E-state index contributed by atoms with van der Waals surface area (Å²) in [6.07, 6.45) is 4.33. The maximum Gasteiger partial charge on any atom is 0.149 e. The topological polar surface area (TPSA) is 38.9 Å². The van der Waals surface area contributed by atoms with Gasteiger partial charge in [0.25, 0.3) is 0 Å². The maximum atomic E-state index is 5.58. The Labute approximate surface area is 107 Å². The molecular formula is C15H18N2O. The predicted molar refractivity (Wildman–Crippen MR) is 70.5 cm³/mol. The van der Waals surface area contributed by atoms with Crippen LogP contribution in [0, 0.1) is 6.92 Å². The van der Waals surface area contributed by atoms with Gasteiger partial charge in [0.1, 0.15) is 5.76 Å². The number of aromatic nitrogens is 2. The van der Waals surface area contributed by atoms with Gasteiger partial charge in [0.15, 0.2) is 0 Å². The first kappa shape index (κ1) is 11.5. The lowest BCUT2D eigenvalue weighted by Crippen LogP contribution is -1.94. The zero-order chi connectivity index (χ0) is 12.7. The fourth-order valence-electron chi connectivity index (χ4n) is 2.21. The van der Waals surface area contributed by atoms with E-state index < -0.39 is 0 Å². The van der Waals surface area contributed by atoms with Crippen LogP contribution >= 0.6 is 0 Å². The molecule has 1 aliphatic rings. The zero-order valence-corrected chi connectivity index (χ0v) is 11.1. The van der Waals surface area contributed by atoms with E-state index in [2.05, 4.69) is 43.0 Å². The highest BCUT2D eigenvalue weighted by molar-refractivity contribution is 5.66. The van der Waals surface area contributed by atoms with Gasteiger partial charge < -0.3 is 4.52 Å². The standard InChI is InChI=1S/C15H18N2O/c1-9(2)14-13(12-7-4-10(3)8-16-12)15(18-17-14)11-5-6-11/h4,7-9,11H,5-6H2,1-3H3. The van der Waals surface area contributed by atoms with E-state index in [1.807, 2.05) is 6.20 Å². The van der Waals surface area contributed by atoms with Gasteiger partial charge in [-0.3, -0.25) is 4.98 Å². The van der Waals surface area contributed by atoms with Gasteiger partial charge in [0, 0.05) is 12.1 Å². The summed E-state index contributed by atoms with van der Waals surface area (Å²) in [4.78, 5) is 4.53. The first-order chi connectivity index (χ1) is 8.66. The molecule has 0 bridgehead atoms. The van der Waals surface area contributed by atoms with Gasteiger partial charge in [-0.05, 0) is 37.3 Å². The van der Waals surface area contributed by atoms with Crippen molar-refractivity contribution in [3.05, 3.63) is 35.3 Å². The molecular weight excluding hydrogens is 224 g/mol. The second-order valence-electron chi connectivity index (χ2n) is 5.46. The Balaban J connectivity index is 2.12. The Bertz CT molecular complexity index is 531. The van der Waals surface area contributed by atoms with Crippen LogP contribution < -0.4 is 0 Å². The Morgan fingerprint density at radius 2 is 2.06 bits per heavy atom. The molecule has 3 nitrogen and oxygen atoms in total. The first-order valence-electron chi connectivity index (χ1n) is 6.59. The highest BCUT2D eigenvalue weighted by Crippen LogP contribution is 2.46. The van der Waals surface area contributed by atoms with Gasteiger partial charge in [0.2, 0.25) is 0 Å². The third-order valence-corrected chi connectivity index (χ3v) is 3.41. The van der Waals surface area contributed by atoms with Crippen LogP contribution in [-0.2, 0) is 0 Å². The number of aryl methyl sites for hydroxylation is 1. The summed E-state index contributed by atoms with van der Waals surface area (Å²) in [6.45, 7) is 6.34. The van der Waals surface area contributed by atoms with Crippen LogP contribution in [-0.4, -0.2) is 10.1 Å². The first-order valence-corrected chi connectivity index (χ1v) is 6.59. The van der Waals surface area contributed by atoms with Crippen molar-refractivity contribution < 1.29 is 4.52 Å². The largest absolute Gasteiger partial charge is 0.360 e. The average Bonchev–Trinajstić information content (AvgIpc) is 3.09. The zero-order valence-electron chi connectivity index (χ0n) is 11.1. The van der Waals surface area contributed by atoms with Crippen molar-refractivity contribution in [2.24, 2.45) is 0 Å². The highest BCUT2D eigenvalue weighted by atomic mass is 16.5. The molecule has 1 fully saturated rings. The maximum absolute atomic E-state index is 5.58. The Kier molecular flexibility index (Phi) is 2.69. The van der Waals surface area contributed by atoms with E-state index >= 15 is 0 Å². The van der Waals surface area contributed by atoms with Crippen molar-refractivity contribution in [2.75, 3.05) is 0 Å². The summed E-state index contributed by atoms with van der Waals surface area (Å²) in [6, 6.07) is 4.16. The van der Waals surface area contributed by atoms with Gasteiger partial charge in [-0.15, -0.1) is 0 Å². The van der Waals surface area contributed by atoms with Crippen molar-refractivity contribution in [3.8, 4) is 11.3 Å². The Morgan fingerprint density at radius 1 is 1.28 bits per heavy atom. The number of hydrogen-bond acceptors (Lipinski definition) is 3. The number of pyridine rings is 1. The monoisotopic (exact) mass is 242 g/mol. The lowest BCUT2D eigenvalue weighted by atomic mass is 9.99. The molecule has 1 saturated carbocycles.